The SMILES string of the molecule is COc1ccc(C(NN)C2CSc3ccccc32)cc1F. The van der Waals surface area contributed by atoms with Crippen LogP contribution in [0.1, 0.15) is 23.1 Å². The molecule has 110 valence electrons. The highest BCUT2D eigenvalue weighted by Crippen LogP contribution is 2.45. The van der Waals surface area contributed by atoms with E-state index in [-0.39, 0.29) is 23.5 Å². The zero-order chi connectivity index (χ0) is 14.8. The molecule has 0 saturated heterocycles. The van der Waals surface area contributed by atoms with E-state index in [4.69, 9.17) is 10.6 Å². The van der Waals surface area contributed by atoms with E-state index in [9.17, 15) is 4.39 Å². The van der Waals surface area contributed by atoms with E-state index < -0.39 is 0 Å². The Hall–Kier alpha value is -1.56. The van der Waals surface area contributed by atoms with Crippen LogP contribution in [0.2, 0.25) is 0 Å². The lowest BCUT2D eigenvalue weighted by Crippen LogP contribution is -2.32. The quantitative estimate of drug-likeness (QED) is 0.672. The van der Waals surface area contributed by atoms with Crippen LogP contribution in [-0.4, -0.2) is 12.9 Å². The Bertz CT molecular complexity index is 650. The van der Waals surface area contributed by atoms with Crippen LogP contribution in [0, 0.1) is 5.82 Å². The van der Waals surface area contributed by atoms with E-state index in [0.717, 1.165) is 11.3 Å². The molecule has 1 aliphatic rings. The molecule has 3 rings (SSSR count). The Balaban J connectivity index is 1.95. The molecule has 5 heteroatoms. The van der Waals surface area contributed by atoms with Crippen LogP contribution >= 0.6 is 11.8 Å². The minimum atomic E-state index is -0.366. The first kappa shape index (κ1) is 14.4. The highest BCUT2D eigenvalue weighted by atomic mass is 32.2. The molecule has 0 amide bonds. The second-order valence-electron chi connectivity index (χ2n) is 4.99. The molecule has 0 fully saturated rings. The monoisotopic (exact) mass is 304 g/mol. The minimum Gasteiger partial charge on any atom is -0.494 e. The number of thioether (sulfide) groups is 1. The van der Waals surface area contributed by atoms with Crippen LogP contribution in [0.3, 0.4) is 0 Å². The summed E-state index contributed by atoms with van der Waals surface area (Å²) in [7, 11) is 1.46. The van der Waals surface area contributed by atoms with E-state index in [1.807, 2.05) is 30.0 Å². The van der Waals surface area contributed by atoms with Gasteiger partial charge in [0.15, 0.2) is 11.6 Å². The zero-order valence-electron chi connectivity index (χ0n) is 11.7. The van der Waals surface area contributed by atoms with Crippen molar-refractivity contribution >= 4 is 11.8 Å². The molecule has 21 heavy (non-hydrogen) atoms. The first-order valence-electron chi connectivity index (χ1n) is 6.76. The van der Waals surface area contributed by atoms with E-state index in [0.29, 0.717) is 0 Å². The Morgan fingerprint density at radius 3 is 2.86 bits per heavy atom. The number of benzene rings is 2. The smallest absolute Gasteiger partial charge is 0.165 e. The van der Waals surface area contributed by atoms with Crippen molar-refractivity contribution < 1.29 is 9.13 Å². The van der Waals surface area contributed by atoms with Gasteiger partial charge in [-0.3, -0.25) is 11.3 Å². The summed E-state index contributed by atoms with van der Waals surface area (Å²) in [4.78, 5) is 1.27. The molecular formula is C16H17FN2OS. The third kappa shape index (κ3) is 2.64. The third-order valence-electron chi connectivity index (χ3n) is 3.85. The van der Waals surface area contributed by atoms with E-state index in [1.165, 1.54) is 23.6 Å². The molecule has 2 atom stereocenters. The molecule has 3 nitrogen and oxygen atoms in total. The largest absolute Gasteiger partial charge is 0.494 e. The van der Waals surface area contributed by atoms with Crippen molar-refractivity contribution in [3.05, 3.63) is 59.4 Å². The number of hydrazine groups is 1. The van der Waals surface area contributed by atoms with Crippen LogP contribution in [0.5, 0.6) is 5.75 Å². The molecule has 3 N–H and O–H groups in total. The first-order chi connectivity index (χ1) is 10.2. The van der Waals surface area contributed by atoms with Gasteiger partial charge in [-0.25, -0.2) is 4.39 Å². The normalized spacial score (nSPS) is 18.3. The van der Waals surface area contributed by atoms with Crippen molar-refractivity contribution in [3.63, 3.8) is 0 Å². The van der Waals surface area contributed by atoms with Gasteiger partial charge in [0, 0.05) is 16.6 Å². The highest BCUT2D eigenvalue weighted by molar-refractivity contribution is 7.99. The summed E-state index contributed by atoms with van der Waals surface area (Å²) in [5, 5.41) is 0. The molecule has 1 aliphatic heterocycles. The van der Waals surface area contributed by atoms with Crippen LogP contribution in [0.15, 0.2) is 47.4 Å². The maximum absolute atomic E-state index is 13.9. The minimum absolute atomic E-state index is 0.124. The fourth-order valence-corrected chi connectivity index (χ4v) is 4.08. The number of hydrogen-bond donors (Lipinski definition) is 2. The maximum Gasteiger partial charge on any atom is 0.165 e. The zero-order valence-corrected chi connectivity index (χ0v) is 12.5. The number of fused-ring (bicyclic) bond motifs is 1. The fourth-order valence-electron chi connectivity index (χ4n) is 2.78. The van der Waals surface area contributed by atoms with Crippen molar-refractivity contribution in [2.75, 3.05) is 12.9 Å². The Morgan fingerprint density at radius 2 is 2.14 bits per heavy atom. The van der Waals surface area contributed by atoms with Gasteiger partial charge in [-0.15, -0.1) is 11.8 Å². The summed E-state index contributed by atoms with van der Waals surface area (Å²) in [6.07, 6.45) is 0. The highest BCUT2D eigenvalue weighted by Gasteiger charge is 2.31. The number of nitrogens with one attached hydrogen (secondary N) is 1. The molecule has 2 aromatic rings. The van der Waals surface area contributed by atoms with Gasteiger partial charge in [0.25, 0.3) is 0 Å². The van der Waals surface area contributed by atoms with Crippen LogP contribution < -0.4 is 16.0 Å². The van der Waals surface area contributed by atoms with Crippen molar-refractivity contribution in [1.29, 1.82) is 0 Å². The predicted molar refractivity (Wildman–Crippen MR) is 82.9 cm³/mol. The topological polar surface area (TPSA) is 47.3 Å². The van der Waals surface area contributed by atoms with E-state index in [1.54, 1.807) is 6.07 Å². The van der Waals surface area contributed by atoms with Gasteiger partial charge in [-0.1, -0.05) is 24.3 Å². The number of halogens is 1. The molecule has 0 saturated carbocycles. The third-order valence-corrected chi connectivity index (χ3v) is 5.06. The fraction of sp³-hybridized carbons (Fsp3) is 0.250. The lowest BCUT2D eigenvalue weighted by Gasteiger charge is -2.24. The van der Waals surface area contributed by atoms with Crippen LogP contribution in [0.25, 0.3) is 0 Å². The average molecular weight is 304 g/mol. The lowest BCUT2D eigenvalue weighted by molar-refractivity contribution is 0.384. The standard InChI is InChI=1S/C16H17FN2OS/c1-20-14-7-6-10(8-13(14)17)16(19-18)12-9-21-15-5-3-2-4-11(12)15/h2-8,12,16,19H,9,18H2,1H3. The molecule has 1 heterocycles. The number of rotatable bonds is 4. The molecule has 0 aliphatic carbocycles. The summed E-state index contributed by atoms with van der Waals surface area (Å²) in [5.41, 5.74) is 4.94. The summed E-state index contributed by atoms with van der Waals surface area (Å²) in [6.45, 7) is 0. The van der Waals surface area contributed by atoms with Gasteiger partial charge in [-0.2, -0.15) is 0 Å². The first-order valence-corrected chi connectivity index (χ1v) is 7.74. The number of ether oxygens (including phenoxy) is 1. The molecule has 0 spiro atoms. The molecule has 0 bridgehead atoms. The van der Waals surface area contributed by atoms with Crippen molar-refractivity contribution in [1.82, 2.24) is 5.43 Å². The second kappa shape index (κ2) is 6.05. The van der Waals surface area contributed by atoms with Gasteiger partial charge in [-0.05, 0) is 29.3 Å². The van der Waals surface area contributed by atoms with Crippen LogP contribution in [-0.2, 0) is 0 Å². The molecular weight excluding hydrogens is 287 g/mol. The summed E-state index contributed by atoms with van der Waals surface area (Å²) >= 11 is 1.81. The summed E-state index contributed by atoms with van der Waals surface area (Å²) in [5.74, 6) is 6.79. The van der Waals surface area contributed by atoms with Crippen LogP contribution in [0.4, 0.5) is 4.39 Å². The van der Waals surface area contributed by atoms with Crippen molar-refractivity contribution in [3.8, 4) is 5.75 Å². The molecule has 2 aromatic carbocycles. The number of nitrogens with two attached hydrogens (primary N) is 1. The number of methoxy groups -OCH3 is 1. The molecule has 0 aromatic heterocycles. The van der Waals surface area contributed by atoms with E-state index >= 15 is 0 Å². The number of hydrogen-bond acceptors (Lipinski definition) is 4. The molecule has 2 unspecified atom stereocenters. The Morgan fingerprint density at radius 1 is 1.33 bits per heavy atom. The molecule has 0 radical (unpaired) electrons. The van der Waals surface area contributed by atoms with Gasteiger partial charge in [0.2, 0.25) is 0 Å². The van der Waals surface area contributed by atoms with Gasteiger partial charge in [0.05, 0.1) is 13.2 Å². The van der Waals surface area contributed by atoms with Gasteiger partial charge >= 0.3 is 0 Å². The van der Waals surface area contributed by atoms with Gasteiger partial charge < -0.3 is 4.74 Å². The maximum atomic E-state index is 13.9. The summed E-state index contributed by atoms with van der Waals surface area (Å²) in [6, 6.07) is 13.2. The van der Waals surface area contributed by atoms with E-state index in [2.05, 4.69) is 17.6 Å². The Labute approximate surface area is 127 Å². The van der Waals surface area contributed by atoms with Gasteiger partial charge in [0.1, 0.15) is 0 Å². The average Bonchev–Trinajstić information content (AvgIpc) is 2.93. The Kier molecular flexibility index (Phi) is 4.14. The van der Waals surface area contributed by atoms with Crippen molar-refractivity contribution in [2.45, 2.75) is 16.9 Å². The summed E-state index contributed by atoms with van der Waals surface area (Å²) < 4.78 is 18.9. The van der Waals surface area contributed by atoms with Crippen molar-refractivity contribution in [2.24, 2.45) is 5.84 Å². The predicted octanol–water partition coefficient (Wildman–Crippen LogP) is 3.23. The second-order valence-corrected chi connectivity index (χ2v) is 6.06. The lowest BCUT2D eigenvalue weighted by atomic mass is 9.89.